The van der Waals surface area contributed by atoms with Crippen LogP contribution in [-0.4, -0.2) is 76.9 Å². The minimum absolute atomic E-state index is 0.169. The molecule has 8 heteroatoms. The summed E-state index contributed by atoms with van der Waals surface area (Å²) < 4.78 is 28.3. The summed E-state index contributed by atoms with van der Waals surface area (Å²) in [5, 5.41) is 0.245. The van der Waals surface area contributed by atoms with Crippen molar-refractivity contribution in [1.82, 2.24) is 14.1 Å². The van der Waals surface area contributed by atoms with Gasteiger partial charge in [-0.1, -0.05) is 27.5 Å². The minimum Gasteiger partial charge on any atom is -0.309 e. The van der Waals surface area contributed by atoms with Crippen molar-refractivity contribution in [1.29, 1.82) is 0 Å². The maximum Gasteiger partial charge on any atom is 0.244 e. The van der Waals surface area contributed by atoms with Crippen LogP contribution in [0.2, 0.25) is 5.02 Å². The van der Waals surface area contributed by atoms with Gasteiger partial charge in [-0.05, 0) is 72.3 Å². The molecule has 0 fully saturated rings. The van der Waals surface area contributed by atoms with E-state index in [-0.39, 0.29) is 9.92 Å². The number of benzene rings is 1. The Bertz CT molecular complexity index is 610. The zero-order valence-electron chi connectivity index (χ0n) is 14.8. The first kappa shape index (κ1) is 21.9. The first-order valence-corrected chi connectivity index (χ1v) is 10.5. The second kappa shape index (κ2) is 10.1. The molecule has 0 aliphatic carbocycles. The fourth-order valence-electron chi connectivity index (χ4n) is 2.30. The van der Waals surface area contributed by atoms with Crippen LogP contribution in [0.1, 0.15) is 12.8 Å². The Morgan fingerprint density at radius 2 is 1.46 bits per heavy atom. The van der Waals surface area contributed by atoms with E-state index in [9.17, 15) is 8.42 Å². The molecule has 0 N–H and O–H groups in total. The molecule has 138 valence electrons. The van der Waals surface area contributed by atoms with Crippen LogP contribution in [0.4, 0.5) is 0 Å². The number of hydrogen-bond acceptors (Lipinski definition) is 4. The summed E-state index contributed by atoms with van der Waals surface area (Å²) in [5.41, 5.74) is 0. The SMILES string of the molecule is CN(C)CCCN(CCCN(C)C)S(=O)(=O)c1ccc(Br)cc1Cl. The molecule has 0 radical (unpaired) electrons. The van der Waals surface area contributed by atoms with Gasteiger partial charge in [0.2, 0.25) is 10.0 Å². The fourth-order valence-corrected chi connectivity index (χ4v) is 4.83. The lowest BCUT2D eigenvalue weighted by Gasteiger charge is -2.24. The van der Waals surface area contributed by atoms with Crippen molar-refractivity contribution in [2.75, 3.05) is 54.4 Å². The van der Waals surface area contributed by atoms with E-state index in [1.165, 1.54) is 0 Å². The summed E-state index contributed by atoms with van der Waals surface area (Å²) >= 11 is 9.49. The molecule has 0 bridgehead atoms. The van der Waals surface area contributed by atoms with E-state index in [0.717, 1.165) is 30.4 Å². The summed E-state index contributed by atoms with van der Waals surface area (Å²) in [7, 11) is 4.33. The van der Waals surface area contributed by atoms with Crippen molar-refractivity contribution in [3.05, 3.63) is 27.7 Å². The molecule has 0 aliphatic rings. The predicted molar refractivity (Wildman–Crippen MR) is 104 cm³/mol. The van der Waals surface area contributed by atoms with Gasteiger partial charge >= 0.3 is 0 Å². The number of halogens is 2. The second-order valence-corrected chi connectivity index (χ2v) is 9.52. The molecule has 0 amide bonds. The number of sulfonamides is 1. The van der Waals surface area contributed by atoms with Crippen molar-refractivity contribution in [3.63, 3.8) is 0 Å². The lowest BCUT2D eigenvalue weighted by molar-refractivity contribution is 0.326. The first-order chi connectivity index (χ1) is 11.1. The molecule has 0 aliphatic heterocycles. The van der Waals surface area contributed by atoms with Gasteiger partial charge in [-0.15, -0.1) is 0 Å². The molecular formula is C16H27BrClN3O2S. The zero-order valence-corrected chi connectivity index (χ0v) is 18.0. The standard InChI is InChI=1S/C16H27BrClN3O2S/c1-19(2)9-5-11-21(12-6-10-20(3)4)24(22,23)16-8-7-14(17)13-15(16)18/h7-8,13H,5-6,9-12H2,1-4H3. The molecule has 5 nitrogen and oxygen atoms in total. The first-order valence-electron chi connectivity index (χ1n) is 7.89. The van der Waals surface area contributed by atoms with E-state index in [1.54, 1.807) is 22.5 Å². The normalized spacial score (nSPS) is 12.5. The molecular weight excluding hydrogens is 414 g/mol. The average Bonchev–Trinajstić information content (AvgIpc) is 2.44. The molecule has 1 aromatic carbocycles. The molecule has 0 atom stereocenters. The van der Waals surface area contributed by atoms with Gasteiger partial charge in [-0.3, -0.25) is 0 Å². The average molecular weight is 441 g/mol. The van der Waals surface area contributed by atoms with Crippen LogP contribution in [0.25, 0.3) is 0 Å². The molecule has 1 aromatic rings. The number of nitrogens with zero attached hydrogens (tertiary/aromatic N) is 3. The van der Waals surface area contributed by atoms with Crippen LogP contribution in [0.3, 0.4) is 0 Å². The summed E-state index contributed by atoms with van der Waals surface area (Å²) in [6.45, 7) is 2.65. The highest BCUT2D eigenvalue weighted by atomic mass is 79.9. The Labute approximate surface area is 159 Å². The van der Waals surface area contributed by atoms with Gasteiger partial charge in [0.1, 0.15) is 4.90 Å². The van der Waals surface area contributed by atoms with E-state index in [2.05, 4.69) is 25.7 Å². The maximum atomic E-state index is 13.0. The largest absolute Gasteiger partial charge is 0.309 e. The van der Waals surface area contributed by atoms with E-state index < -0.39 is 10.0 Å². The van der Waals surface area contributed by atoms with Crippen LogP contribution in [-0.2, 0) is 10.0 Å². The molecule has 0 saturated carbocycles. The van der Waals surface area contributed by atoms with Crippen molar-refractivity contribution in [2.24, 2.45) is 0 Å². The molecule has 1 rings (SSSR count). The van der Waals surface area contributed by atoms with Gasteiger partial charge in [-0.25, -0.2) is 8.42 Å². The van der Waals surface area contributed by atoms with Crippen LogP contribution in [0, 0.1) is 0 Å². The Hall–Kier alpha value is -0.180. The summed E-state index contributed by atoms with van der Waals surface area (Å²) in [6.07, 6.45) is 1.56. The highest BCUT2D eigenvalue weighted by molar-refractivity contribution is 9.10. The van der Waals surface area contributed by atoms with Gasteiger partial charge < -0.3 is 9.80 Å². The highest BCUT2D eigenvalue weighted by Crippen LogP contribution is 2.28. The van der Waals surface area contributed by atoms with E-state index in [4.69, 9.17) is 11.6 Å². The molecule has 0 saturated heterocycles. The van der Waals surface area contributed by atoms with Crippen LogP contribution in [0.15, 0.2) is 27.6 Å². The monoisotopic (exact) mass is 439 g/mol. The smallest absolute Gasteiger partial charge is 0.244 e. The lowest BCUT2D eigenvalue weighted by Crippen LogP contribution is -2.35. The van der Waals surface area contributed by atoms with Crippen molar-refractivity contribution < 1.29 is 8.42 Å². The molecule has 0 spiro atoms. The lowest BCUT2D eigenvalue weighted by atomic mass is 10.3. The third-order valence-corrected chi connectivity index (χ3v) is 6.41. The topological polar surface area (TPSA) is 43.9 Å². The van der Waals surface area contributed by atoms with Gasteiger partial charge in [0.25, 0.3) is 0 Å². The summed E-state index contributed by atoms with van der Waals surface area (Å²) in [6, 6.07) is 4.88. The van der Waals surface area contributed by atoms with Crippen molar-refractivity contribution in [2.45, 2.75) is 17.7 Å². The van der Waals surface area contributed by atoms with Crippen LogP contribution >= 0.6 is 27.5 Å². The second-order valence-electron chi connectivity index (χ2n) is 6.29. The van der Waals surface area contributed by atoms with Gasteiger partial charge in [0.15, 0.2) is 0 Å². The summed E-state index contributed by atoms with van der Waals surface area (Å²) in [5.74, 6) is 0. The molecule has 24 heavy (non-hydrogen) atoms. The maximum absolute atomic E-state index is 13.0. The Balaban J connectivity index is 2.96. The van der Waals surface area contributed by atoms with Gasteiger partial charge in [0.05, 0.1) is 5.02 Å². The van der Waals surface area contributed by atoms with Crippen molar-refractivity contribution >= 4 is 37.6 Å². The van der Waals surface area contributed by atoms with Gasteiger partial charge in [-0.2, -0.15) is 4.31 Å². The van der Waals surface area contributed by atoms with E-state index in [0.29, 0.717) is 13.1 Å². The van der Waals surface area contributed by atoms with Crippen LogP contribution < -0.4 is 0 Å². The third kappa shape index (κ3) is 6.98. The highest BCUT2D eigenvalue weighted by Gasteiger charge is 2.26. The minimum atomic E-state index is -3.60. The predicted octanol–water partition coefficient (Wildman–Crippen LogP) is 3.00. The van der Waals surface area contributed by atoms with Gasteiger partial charge in [0, 0.05) is 17.6 Å². The number of rotatable bonds is 10. The van der Waals surface area contributed by atoms with E-state index >= 15 is 0 Å². The Morgan fingerprint density at radius 3 is 1.88 bits per heavy atom. The number of hydrogen-bond donors (Lipinski definition) is 0. The molecule has 0 heterocycles. The van der Waals surface area contributed by atoms with E-state index in [1.807, 2.05) is 28.2 Å². The molecule has 0 aromatic heterocycles. The van der Waals surface area contributed by atoms with Crippen molar-refractivity contribution in [3.8, 4) is 0 Å². The Kier molecular flexibility index (Phi) is 9.19. The quantitative estimate of drug-likeness (QED) is 0.561. The fraction of sp³-hybridized carbons (Fsp3) is 0.625. The third-order valence-electron chi connectivity index (χ3n) is 3.54. The summed E-state index contributed by atoms with van der Waals surface area (Å²) in [4.78, 5) is 4.27. The Morgan fingerprint density at radius 1 is 0.958 bits per heavy atom. The van der Waals surface area contributed by atoms with Crippen LogP contribution in [0.5, 0.6) is 0 Å². The zero-order chi connectivity index (χ0) is 18.3. The molecule has 0 unspecified atom stereocenters.